The normalized spacial score (nSPS) is 11.8. The molecule has 0 N–H and O–H groups in total. The van der Waals surface area contributed by atoms with Crippen LogP contribution >= 0.6 is 11.7 Å². The summed E-state index contributed by atoms with van der Waals surface area (Å²) < 4.78 is 22.2. The van der Waals surface area contributed by atoms with Gasteiger partial charge in [0.05, 0.1) is 5.52 Å². The first-order valence-electron chi connectivity index (χ1n) is 3.91. The van der Waals surface area contributed by atoms with E-state index in [4.69, 9.17) is 0 Å². The zero-order chi connectivity index (χ0) is 10.2. The van der Waals surface area contributed by atoms with Crippen molar-refractivity contribution in [3.8, 4) is 0 Å². The van der Waals surface area contributed by atoms with Gasteiger partial charge in [0.25, 0.3) is 0 Å². The Morgan fingerprint density at radius 2 is 1.79 bits per heavy atom. The number of para-hydroxylation sites is 1. The molecule has 1 aromatic carbocycles. The van der Waals surface area contributed by atoms with E-state index in [2.05, 4.69) is 16.6 Å². The van der Waals surface area contributed by atoms with E-state index in [9.17, 15) is 8.42 Å². The fourth-order valence-corrected chi connectivity index (χ4v) is 1.95. The monoisotopic (exact) mass is 225 g/mol. The maximum Gasteiger partial charge on any atom is 0.244 e. The Labute approximate surface area is 86.5 Å². The van der Waals surface area contributed by atoms with Crippen molar-refractivity contribution in [3.05, 3.63) is 36.4 Å². The second-order valence-electron chi connectivity index (χ2n) is 2.82. The van der Waals surface area contributed by atoms with Gasteiger partial charge in [-0.3, -0.25) is 0 Å². The van der Waals surface area contributed by atoms with Crippen LogP contribution in [0.4, 0.5) is 0 Å². The average molecular weight is 225 g/mol. The van der Waals surface area contributed by atoms with Crippen LogP contribution < -0.4 is 0 Å². The van der Waals surface area contributed by atoms with Gasteiger partial charge in [0.15, 0.2) is 5.03 Å². The summed E-state index contributed by atoms with van der Waals surface area (Å²) in [6, 6.07) is 10.5. The lowest BCUT2D eigenvalue weighted by molar-refractivity contribution is 0.608. The van der Waals surface area contributed by atoms with Crippen molar-refractivity contribution < 1.29 is 8.42 Å². The number of aromatic nitrogens is 1. The van der Waals surface area contributed by atoms with Crippen molar-refractivity contribution in [2.45, 2.75) is 5.03 Å². The Kier molecular flexibility index (Phi) is 2.20. The number of hydrogen-bond acceptors (Lipinski definition) is 3. The average Bonchev–Trinajstić information content (AvgIpc) is 2.16. The molecule has 0 aliphatic heterocycles. The van der Waals surface area contributed by atoms with Crippen molar-refractivity contribution >= 4 is 31.4 Å². The molecule has 0 bridgehead atoms. The molecule has 14 heavy (non-hydrogen) atoms. The van der Waals surface area contributed by atoms with Gasteiger partial charge < -0.3 is 0 Å². The van der Waals surface area contributed by atoms with Gasteiger partial charge in [-0.15, -0.1) is 0 Å². The molecule has 0 saturated heterocycles. The summed E-state index contributed by atoms with van der Waals surface area (Å²) in [6.45, 7) is 0. The zero-order valence-corrected chi connectivity index (χ0v) is 8.79. The number of nitrogens with zero attached hydrogens (tertiary/aromatic N) is 1. The lowest BCUT2D eigenvalue weighted by Gasteiger charge is -1.99. The first kappa shape index (κ1) is 9.48. The van der Waals surface area contributed by atoms with Gasteiger partial charge in [-0.2, -0.15) is 0 Å². The van der Waals surface area contributed by atoms with E-state index in [1.807, 2.05) is 18.2 Å². The Bertz CT molecular complexity index is 578. The summed E-state index contributed by atoms with van der Waals surface area (Å²) in [4.78, 5) is 3.98. The van der Waals surface area contributed by atoms with Crippen LogP contribution in [0.25, 0.3) is 10.9 Å². The lowest BCUT2D eigenvalue weighted by atomic mass is 10.2. The fourth-order valence-electron chi connectivity index (χ4n) is 1.19. The third-order valence-corrected chi connectivity index (χ3v) is 3.15. The lowest BCUT2D eigenvalue weighted by Crippen LogP contribution is -1.94. The number of rotatable bonds is 1. The van der Waals surface area contributed by atoms with Gasteiger partial charge in [-0.25, -0.2) is 13.4 Å². The number of thiol groups is 1. The van der Waals surface area contributed by atoms with Crippen molar-refractivity contribution in [1.29, 1.82) is 0 Å². The second-order valence-corrected chi connectivity index (χ2v) is 5.63. The van der Waals surface area contributed by atoms with Gasteiger partial charge in [-0.05, 0) is 29.9 Å². The quantitative estimate of drug-likeness (QED) is 0.595. The minimum absolute atomic E-state index is 0.0143. The summed E-state index contributed by atoms with van der Waals surface area (Å²) in [6.07, 6.45) is 0. The Morgan fingerprint density at radius 1 is 1.07 bits per heavy atom. The largest absolute Gasteiger partial charge is 0.244 e. The molecule has 0 radical (unpaired) electrons. The smallest absolute Gasteiger partial charge is 0.235 e. The Morgan fingerprint density at radius 3 is 2.50 bits per heavy atom. The van der Waals surface area contributed by atoms with E-state index in [0.29, 0.717) is 5.52 Å². The molecule has 0 atom stereocenters. The molecule has 0 aliphatic carbocycles. The molecule has 2 aromatic rings. The van der Waals surface area contributed by atoms with Crippen LogP contribution in [0.3, 0.4) is 0 Å². The molecule has 0 aliphatic rings. The van der Waals surface area contributed by atoms with Crippen LogP contribution in [0.5, 0.6) is 0 Å². The molecule has 0 saturated carbocycles. The zero-order valence-electron chi connectivity index (χ0n) is 7.08. The highest BCUT2D eigenvalue weighted by Crippen LogP contribution is 2.16. The molecule has 2 rings (SSSR count). The minimum Gasteiger partial charge on any atom is -0.235 e. The standard InChI is InChI=1S/C9H7NO2S2/c11-14(12,13)9-6-5-7-3-1-2-4-8(7)10-9/h1-6H,(H,11,12,13). The third-order valence-electron chi connectivity index (χ3n) is 1.84. The van der Waals surface area contributed by atoms with E-state index >= 15 is 0 Å². The van der Waals surface area contributed by atoms with Crippen LogP contribution in [0.15, 0.2) is 41.4 Å². The van der Waals surface area contributed by atoms with Gasteiger partial charge in [-0.1, -0.05) is 18.2 Å². The molecule has 0 fully saturated rings. The minimum atomic E-state index is -3.51. The summed E-state index contributed by atoms with van der Waals surface area (Å²) in [7, 11) is -3.51. The SMILES string of the molecule is O=S(=O)(S)c1ccc2ccccc2n1. The molecule has 5 heteroatoms. The van der Waals surface area contributed by atoms with Crippen molar-refractivity contribution in [1.82, 2.24) is 4.98 Å². The van der Waals surface area contributed by atoms with Crippen molar-refractivity contribution in [3.63, 3.8) is 0 Å². The van der Waals surface area contributed by atoms with E-state index in [1.165, 1.54) is 6.07 Å². The highest BCUT2D eigenvalue weighted by atomic mass is 33.1. The molecule has 0 spiro atoms. The highest BCUT2D eigenvalue weighted by molar-refractivity contribution is 8.63. The summed E-state index contributed by atoms with van der Waals surface area (Å²) in [5, 5.41) is 0.896. The molecule has 0 amide bonds. The third kappa shape index (κ3) is 1.73. The topological polar surface area (TPSA) is 47.0 Å². The van der Waals surface area contributed by atoms with Gasteiger partial charge in [0.1, 0.15) is 0 Å². The highest BCUT2D eigenvalue weighted by Gasteiger charge is 2.09. The molecular weight excluding hydrogens is 218 g/mol. The molecular formula is C9H7NO2S2. The van der Waals surface area contributed by atoms with E-state index in [0.717, 1.165) is 5.39 Å². The molecule has 1 aromatic heterocycles. The molecule has 1 heterocycles. The maximum atomic E-state index is 11.1. The maximum absolute atomic E-state index is 11.1. The predicted molar refractivity (Wildman–Crippen MR) is 57.9 cm³/mol. The van der Waals surface area contributed by atoms with Crippen LogP contribution in [0.2, 0.25) is 0 Å². The van der Waals surface area contributed by atoms with E-state index in [1.54, 1.807) is 12.1 Å². The van der Waals surface area contributed by atoms with E-state index in [-0.39, 0.29) is 5.03 Å². The fraction of sp³-hybridized carbons (Fsp3) is 0. The van der Waals surface area contributed by atoms with Crippen molar-refractivity contribution in [2.24, 2.45) is 0 Å². The second kappa shape index (κ2) is 3.25. The van der Waals surface area contributed by atoms with Crippen molar-refractivity contribution in [2.75, 3.05) is 0 Å². The molecule has 3 nitrogen and oxygen atoms in total. The van der Waals surface area contributed by atoms with Crippen LogP contribution in [-0.2, 0) is 8.87 Å². The first-order chi connectivity index (χ1) is 6.57. The molecule has 0 unspecified atom stereocenters. The Hall–Kier alpha value is -1.07. The van der Waals surface area contributed by atoms with Crippen LogP contribution in [-0.4, -0.2) is 13.4 Å². The van der Waals surface area contributed by atoms with Gasteiger partial charge in [0, 0.05) is 5.39 Å². The number of hydrogen-bond donors (Lipinski definition) is 1. The van der Waals surface area contributed by atoms with Crippen LogP contribution in [0, 0.1) is 0 Å². The predicted octanol–water partition coefficient (Wildman–Crippen LogP) is 1.85. The number of benzene rings is 1. The summed E-state index contributed by atoms with van der Waals surface area (Å²) >= 11 is 3.48. The summed E-state index contributed by atoms with van der Waals surface area (Å²) in [5.74, 6) is 0. The Balaban J connectivity index is 2.75. The first-order valence-corrected chi connectivity index (χ1v) is 6.44. The molecule has 72 valence electrons. The number of pyridine rings is 1. The van der Waals surface area contributed by atoms with Gasteiger partial charge in [0.2, 0.25) is 8.87 Å². The number of fused-ring (bicyclic) bond motifs is 1. The summed E-state index contributed by atoms with van der Waals surface area (Å²) in [5.41, 5.74) is 0.655. The van der Waals surface area contributed by atoms with E-state index < -0.39 is 8.87 Å². The van der Waals surface area contributed by atoms with Crippen LogP contribution in [0.1, 0.15) is 0 Å². The van der Waals surface area contributed by atoms with Gasteiger partial charge >= 0.3 is 0 Å².